The third kappa shape index (κ3) is 14.8. The molecule has 0 spiro atoms. The number of para-hydroxylation sites is 2. The summed E-state index contributed by atoms with van der Waals surface area (Å²) >= 11 is 1.50. The van der Waals surface area contributed by atoms with Crippen LogP contribution >= 0.6 is 11.8 Å². The highest BCUT2D eigenvalue weighted by atomic mass is 32.2. The molecule has 5 aromatic rings. The molecule has 0 aliphatic heterocycles. The van der Waals surface area contributed by atoms with Gasteiger partial charge >= 0.3 is 0 Å². The smallest absolute Gasteiger partial charge is 0.245 e. The molecule has 0 unspecified atom stereocenters. The molecular weight excluding hydrogens is 885 g/mol. The van der Waals surface area contributed by atoms with E-state index in [4.69, 9.17) is 22.9 Å². The van der Waals surface area contributed by atoms with Crippen molar-refractivity contribution in [3.63, 3.8) is 0 Å². The number of nitrogens with one attached hydrogen (secondary N) is 6. The fraction of sp³-hybridized carbons (Fsp3) is 0.408. The number of carbonyl (C=O) groups is 6. The number of fused-ring (bicyclic) bond motifs is 2. The van der Waals surface area contributed by atoms with Crippen LogP contribution in [0.15, 0.2) is 96.2 Å². The van der Waals surface area contributed by atoms with E-state index in [1.54, 1.807) is 12.4 Å². The summed E-state index contributed by atoms with van der Waals surface area (Å²) in [7, 11) is 1.49. The Morgan fingerprint density at radius 3 is 1.76 bits per heavy atom. The molecule has 364 valence electrons. The molecular formula is C49H66N12O6S. The van der Waals surface area contributed by atoms with Crippen molar-refractivity contribution >= 4 is 75.0 Å². The summed E-state index contributed by atoms with van der Waals surface area (Å²) in [4.78, 5) is 96.2. The van der Waals surface area contributed by atoms with E-state index in [0.29, 0.717) is 18.6 Å². The second kappa shape index (κ2) is 25.3. The minimum atomic E-state index is -1.26. The van der Waals surface area contributed by atoms with Crippen LogP contribution in [0.4, 0.5) is 0 Å². The highest BCUT2D eigenvalue weighted by Crippen LogP contribution is 2.22. The van der Waals surface area contributed by atoms with Gasteiger partial charge in [0.05, 0.1) is 6.04 Å². The number of aromatic nitrogens is 2. The number of aliphatic imine (C=N–C) groups is 1. The molecule has 0 aliphatic carbocycles. The number of nitrogens with zero attached hydrogens (tertiary/aromatic N) is 2. The minimum Gasteiger partial charge on any atom is -0.370 e. The van der Waals surface area contributed by atoms with Crippen molar-refractivity contribution in [1.82, 2.24) is 36.1 Å². The van der Waals surface area contributed by atoms with Crippen LogP contribution < -0.4 is 44.2 Å². The number of likely N-dealkylation sites (N-methyl/N-ethyl adjacent to an activating group) is 1. The predicted octanol–water partition coefficient (Wildman–Crippen LogP) is 2.11. The zero-order valence-electron chi connectivity index (χ0n) is 39.1. The molecule has 0 aliphatic rings. The highest BCUT2D eigenvalue weighted by Gasteiger charge is 2.37. The number of guanidine groups is 1. The SMILES string of the molecule is CSCC[C@H](NC(=O)[C@H](CC(C)C)NC(=O)[C@@H](Cc1c[nH]c2ccccc12)NC(=O)[C@H](Cc1ccccc1)N(C)C(=O)[C@@H](Cc1c[nH]c2ccccc12)NC(=O)[C@@H](N)CCCN=C(N)N)C(N)=O. The molecule has 2 heterocycles. The molecule has 0 radical (unpaired) electrons. The van der Waals surface area contributed by atoms with Crippen molar-refractivity contribution < 1.29 is 28.8 Å². The molecule has 14 N–H and O–H groups in total. The largest absolute Gasteiger partial charge is 0.370 e. The number of aromatic amines is 2. The van der Waals surface area contributed by atoms with Gasteiger partial charge in [0.25, 0.3) is 0 Å². The maximum absolute atomic E-state index is 15.0. The Labute approximate surface area is 400 Å². The summed E-state index contributed by atoms with van der Waals surface area (Å²) in [5.74, 6) is -3.32. The summed E-state index contributed by atoms with van der Waals surface area (Å²) in [6.07, 6.45) is 6.68. The van der Waals surface area contributed by atoms with Gasteiger partial charge in [0.15, 0.2) is 5.96 Å². The number of hydrogen-bond donors (Lipinski definition) is 10. The Balaban J connectivity index is 1.48. The van der Waals surface area contributed by atoms with E-state index >= 15 is 0 Å². The number of amides is 6. The van der Waals surface area contributed by atoms with Crippen LogP contribution in [0.25, 0.3) is 21.8 Å². The van der Waals surface area contributed by atoms with Gasteiger partial charge in [-0.2, -0.15) is 11.8 Å². The molecule has 6 amide bonds. The second-order valence-electron chi connectivity index (χ2n) is 17.4. The average molecular weight is 951 g/mol. The van der Waals surface area contributed by atoms with Crippen LogP contribution in [0.1, 0.15) is 56.2 Å². The normalized spacial score (nSPS) is 14.0. The van der Waals surface area contributed by atoms with Crippen molar-refractivity contribution in [3.8, 4) is 0 Å². The first-order chi connectivity index (χ1) is 32.6. The predicted molar refractivity (Wildman–Crippen MR) is 268 cm³/mol. The Bertz CT molecular complexity index is 2520. The maximum Gasteiger partial charge on any atom is 0.245 e. The van der Waals surface area contributed by atoms with Gasteiger partial charge in [-0.1, -0.05) is 80.6 Å². The lowest BCUT2D eigenvalue weighted by Gasteiger charge is -2.33. The lowest BCUT2D eigenvalue weighted by Crippen LogP contribution is -2.60. The molecule has 0 fully saturated rings. The summed E-state index contributed by atoms with van der Waals surface area (Å²) in [5, 5.41) is 13.1. The third-order valence-corrected chi connectivity index (χ3v) is 12.4. The zero-order valence-corrected chi connectivity index (χ0v) is 39.9. The molecule has 5 rings (SSSR count). The average Bonchev–Trinajstić information content (AvgIpc) is 3.93. The number of thioether (sulfide) groups is 1. The standard InChI is InChI=1S/C49H66N12O6S/c1-29(2)23-39(45(64)57-38(43(51)62)20-22-68-4)58-46(65)40(25-31-27-55-36-18-10-8-15-33(31)36)59-47(66)42(24-30-13-6-5-7-14-30)61(3)48(67)41(26-32-28-56-37-19-11-9-16-34(32)37)60-44(63)35(50)17-12-21-54-49(52)53/h5-11,13-16,18-19,27-29,35,38-42,55-56H,12,17,20-26,50H2,1-4H3,(H2,51,62)(H,57,64)(H,58,65)(H,59,66)(H,60,63)(H4,52,53,54)/t35-,38-,39-,40+,41+,42-/m0/s1. The monoisotopic (exact) mass is 950 g/mol. The quantitative estimate of drug-likeness (QED) is 0.0219. The molecule has 0 bridgehead atoms. The zero-order chi connectivity index (χ0) is 49.3. The summed E-state index contributed by atoms with van der Waals surface area (Å²) in [6.45, 7) is 4.06. The molecule has 0 saturated carbocycles. The first kappa shape index (κ1) is 52.1. The van der Waals surface area contributed by atoms with E-state index in [1.165, 1.54) is 23.7 Å². The summed E-state index contributed by atoms with van der Waals surface area (Å²) < 4.78 is 0. The van der Waals surface area contributed by atoms with Crippen molar-refractivity contribution in [1.29, 1.82) is 0 Å². The fourth-order valence-electron chi connectivity index (χ4n) is 8.06. The van der Waals surface area contributed by atoms with Crippen molar-refractivity contribution in [3.05, 3.63) is 108 Å². The Morgan fingerprint density at radius 2 is 1.19 bits per heavy atom. The molecule has 0 saturated heterocycles. The number of benzene rings is 3. The van der Waals surface area contributed by atoms with Crippen LogP contribution in [-0.4, -0.2) is 118 Å². The molecule has 2 aromatic heterocycles. The number of primary amides is 1. The van der Waals surface area contributed by atoms with Crippen LogP contribution in [0.5, 0.6) is 0 Å². The van der Waals surface area contributed by atoms with Gasteiger partial charge in [0.1, 0.15) is 30.2 Å². The van der Waals surface area contributed by atoms with Gasteiger partial charge in [-0.3, -0.25) is 33.8 Å². The molecule has 68 heavy (non-hydrogen) atoms. The van der Waals surface area contributed by atoms with Crippen molar-refractivity contribution in [2.75, 3.05) is 25.6 Å². The highest BCUT2D eigenvalue weighted by molar-refractivity contribution is 7.98. The lowest BCUT2D eigenvalue weighted by molar-refractivity contribution is -0.142. The lowest BCUT2D eigenvalue weighted by atomic mass is 9.98. The van der Waals surface area contributed by atoms with E-state index in [0.717, 1.165) is 38.5 Å². The van der Waals surface area contributed by atoms with Crippen LogP contribution in [-0.2, 0) is 48.0 Å². The van der Waals surface area contributed by atoms with Gasteiger partial charge in [-0.05, 0) is 72.4 Å². The Kier molecular flexibility index (Phi) is 19.4. The van der Waals surface area contributed by atoms with E-state index in [1.807, 2.05) is 99.0 Å². The van der Waals surface area contributed by atoms with Gasteiger partial charge in [-0.25, -0.2) is 0 Å². The van der Waals surface area contributed by atoms with Gasteiger partial charge in [0.2, 0.25) is 35.4 Å². The van der Waals surface area contributed by atoms with E-state index < -0.39 is 71.7 Å². The fourth-order valence-corrected chi connectivity index (χ4v) is 8.53. The first-order valence-electron chi connectivity index (χ1n) is 22.8. The number of rotatable bonds is 26. The van der Waals surface area contributed by atoms with E-state index in [9.17, 15) is 28.8 Å². The second-order valence-corrected chi connectivity index (χ2v) is 18.4. The van der Waals surface area contributed by atoms with Crippen molar-refractivity contribution in [2.24, 2.45) is 33.8 Å². The first-order valence-corrected chi connectivity index (χ1v) is 24.2. The number of carbonyl (C=O) groups excluding carboxylic acids is 6. The van der Waals surface area contributed by atoms with Gasteiger partial charge in [0, 0.05) is 67.1 Å². The van der Waals surface area contributed by atoms with Gasteiger partial charge < -0.3 is 59.1 Å². The maximum atomic E-state index is 15.0. The van der Waals surface area contributed by atoms with E-state index in [2.05, 4.69) is 36.2 Å². The molecule has 3 aromatic carbocycles. The van der Waals surface area contributed by atoms with Crippen molar-refractivity contribution in [2.45, 2.75) is 95.0 Å². The van der Waals surface area contributed by atoms with Gasteiger partial charge in [-0.15, -0.1) is 0 Å². The molecule has 18 nitrogen and oxygen atoms in total. The van der Waals surface area contributed by atoms with E-state index in [-0.39, 0.29) is 50.5 Å². The van der Waals surface area contributed by atoms with Crippen LogP contribution in [0.2, 0.25) is 0 Å². The third-order valence-electron chi connectivity index (χ3n) is 11.8. The number of hydrogen-bond acceptors (Lipinski definition) is 9. The van der Waals surface area contributed by atoms with Crippen LogP contribution in [0.3, 0.4) is 0 Å². The Morgan fingerprint density at radius 1 is 0.662 bits per heavy atom. The number of nitrogens with two attached hydrogens (primary N) is 4. The summed E-state index contributed by atoms with van der Waals surface area (Å²) in [5.41, 5.74) is 26.8. The number of H-pyrrole nitrogens is 2. The Hall–Kier alpha value is -6.86. The molecule has 6 atom stereocenters. The minimum absolute atomic E-state index is 0.00523. The summed E-state index contributed by atoms with van der Waals surface area (Å²) in [6, 6.07) is 17.5. The topological polar surface area (TPSA) is 302 Å². The molecule has 19 heteroatoms. The van der Waals surface area contributed by atoms with Crippen LogP contribution in [0, 0.1) is 5.92 Å².